The number of amides is 1. The van der Waals surface area contributed by atoms with Crippen molar-refractivity contribution < 1.29 is 17.9 Å². The number of aryl methyl sites for hydroxylation is 3. The van der Waals surface area contributed by atoms with Gasteiger partial charge in [0.15, 0.2) is 0 Å². The molecule has 0 aliphatic carbocycles. The van der Waals surface area contributed by atoms with E-state index in [-0.39, 0.29) is 5.69 Å². The molecule has 3 aromatic rings. The van der Waals surface area contributed by atoms with Gasteiger partial charge in [-0.2, -0.15) is 0 Å². The van der Waals surface area contributed by atoms with E-state index in [1.807, 2.05) is 55.0 Å². The summed E-state index contributed by atoms with van der Waals surface area (Å²) in [5, 5.41) is 1.63. The maximum atomic E-state index is 12.4. The Balaban J connectivity index is 1.75. The highest BCUT2D eigenvalue weighted by molar-refractivity contribution is 7.89. The summed E-state index contributed by atoms with van der Waals surface area (Å²) < 4.78 is 30.8. The zero-order valence-corrected chi connectivity index (χ0v) is 18.1. The molecule has 0 saturated carbocycles. The molecule has 8 heteroatoms. The smallest absolute Gasteiger partial charge is 0.281 e. The van der Waals surface area contributed by atoms with E-state index in [1.165, 1.54) is 0 Å². The van der Waals surface area contributed by atoms with Crippen LogP contribution in [0.2, 0.25) is 5.02 Å². The van der Waals surface area contributed by atoms with Crippen molar-refractivity contribution in [1.29, 1.82) is 0 Å². The minimum atomic E-state index is -3.65. The van der Waals surface area contributed by atoms with E-state index in [9.17, 15) is 13.2 Å². The van der Waals surface area contributed by atoms with E-state index in [1.54, 1.807) is 0 Å². The average Bonchev–Trinajstić information content (AvgIpc) is 3.01. The quantitative estimate of drug-likeness (QED) is 0.547. The SMILES string of the molecule is Cc1cc(OCCCc2c(C(=O)NS(C)(=O)=O)[nH]c3ccccc23)cc(C)c1Cl. The first-order chi connectivity index (χ1) is 13.7. The molecule has 0 radical (unpaired) electrons. The molecule has 2 aromatic carbocycles. The molecular formula is C21H23ClN2O4S. The summed E-state index contributed by atoms with van der Waals surface area (Å²) in [7, 11) is -3.65. The number of para-hydroxylation sites is 1. The Morgan fingerprint density at radius 2 is 1.83 bits per heavy atom. The molecule has 6 nitrogen and oxygen atoms in total. The lowest BCUT2D eigenvalue weighted by Crippen LogP contribution is -2.30. The fourth-order valence-corrected chi connectivity index (χ4v) is 3.85. The molecule has 0 atom stereocenters. The summed E-state index contributed by atoms with van der Waals surface area (Å²) in [6, 6.07) is 11.3. The number of sulfonamides is 1. The fraction of sp³-hybridized carbons (Fsp3) is 0.286. The van der Waals surface area contributed by atoms with Crippen LogP contribution in [0.5, 0.6) is 5.75 Å². The predicted octanol–water partition coefficient (Wildman–Crippen LogP) is 4.14. The van der Waals surface area contributed by atoms with E-state index >= 15 is 0 Å². The number of fused-ring (bicyclic) bond motifs is 1. The number of hydrogen-bond acceptors (Lipinski definition) is 4. The lowest BCUT2D eigenvalue weighted by Gasteiger charge is -2.10. The van der Waals surface area contributed by atoms with Crippen LogP contribution in [0.1, 0.15) is 33.6 Å². The molecule has 3 rings (SSSR count). The highest BCUT2D eigenvalue weighted by Gasteiger charge is 2.20. The Morgan fingerprint density at radius 3 is 2.48 bits per heavy atom. The average molecular weight is 435 g/mol. The van der Waals surface area contributed by atoms with Crippen LogP contribution in [-0.4, -0.2) is 32.2 Å². The number of ether oxygens (including phenoxy) is 1. The van der Waals surface area contributed by atoms with Gasteiger partial charge in [-0.3, -0.25) is 4.79 Å². The highest BCUT2D eigenvalue weighted by atomic mass is 35.5. The maximum absolute atomic E-state index is 12.4. The number of hydrogen-bond donors (Lipinski definition) is 2. The van der Waals surface area contributed by atoms with Gasteiger partial charge in [0.1, 0.15) is 11.4 Å². The van der Waals surface area contributed by atoms with Gasteiger partial charge in [-0.15, -0.1) is 0 Å². The second-order valence-corrected chi connectivity index (χ2v) is 9.18. The Labute approximate surface area is 175 Å². The summed E-state index contributed by atoms with van der Waals surface area (Å²) in [6.07, 6.45) is 2.17. The lowest BCUT2D eigenvalue weighted by molar-refractivity contribution is 0.0976. The number of H-pyrrole nitrogens is 1. The van der Waals surface area contributed by atoms with Crippen molar-refractivity contribution >= 4 is 38.4 Å². The largest absolute Gasteiger partial charge is 0.494 e. The zero-order valence-electron chi connectivity index (χ0n) is 16.5. The van der Waals surface area contributed by atoms with Crippen molar-refractivity contribution in [1.82, 2.24) is 9.71 Å². The molecule has 0 bridgehead atoms. The van der Waals surface area contributed by atoms with Crippen LogP contribution >= 0.6 is 11.6 Å². The number of rotatable bonds is 7. The molecule has 29 heavy (non-hydrogen) atoms. The Kier molecular flexibility index (Phi) is 6.19. The van der Waals surface area contributed by atoms with Gasteiger partial charge in [0.25, 0.3) is 5.91 Å². The standard InChI is InChI=1S/C21H23ClN2O4S/c1-13-11-15(12-14(2)19(13)22)28-10-6-8-17-16-7-4-5-9-18(16)23-20(17)21(25)24-29(3,26)27/h4-5,7,9,11-12,23H,6,8,10H2,1-3H3,(H,24,25). The molecule has 0 spiro atoms. The van der Waals surface area contributed by atoms with Crippen LogP contribution in [0.4, 0.5) is 0 Å². The van der Waals surface area contributed by atoms with E-state index in [0.717, 1.165) is 44.6 Å². The second kappa shape index (κ2) is 8.47. The third kappa shape index (κ3) is 5.10. The van der Waals surface area contributed by atoms with Crippen molar-refractivity contribution in [3.05, 3.63) is 63.8 Å². The van der Waals surface area contributed by atoms with Crippen LogP contribution in [0.3, 0.4) is 0 Å². The van der Waals surface area contributed by atoms with Gasteiger partial charge in [-0.05, 0) is 61.6 Å². The topological polar surface area (TPSA) is 88.3 Å². The van der Waals surface area contributed by atoms with Gasteiger partial charge in [0.2, 0.25) is 10.0 Å². The minimum Gasteiger partial charge on any atom is -0.494 e. The van der Waals surface area contributed by atoms with Crippen molar-refractivity contribution in [2.45, 2.75) is 26.7 Å². The normalized spacial score (nSPS) is 11.6. The monoisotopic (exact) mass is 434 g/mol. The molecule has 1 heterocycles. The number of aromatic amines is 1. The van der Waals surface area contributed by atoms with Crippen LogP contribution in [0.25, 0.3) is 10.9 Å². The molecular weight excluding hydrogens is 412 g/mol. The third-order valence-corrected chi connectivity index (χ3v) is 5.72. The third-order valence-electron chi connectivity index (χ3n) is 4.57. The number of nitrogens with one attached hydrogen (secondary N) is 2. The first kappa shape index (κ1) is 21.2. The summed E-state index contributed by atoms with van der Waals surface area (Å²) >= 11 is 6.19. The first-order valence-corrected chi connectivity index (χ1v) is 11.4. The fourth-order valence-electron chi connectivity index (χ4n) is 3.30. The number of halogens is 1. The zero-order chi connectivity index (χ0) is 21.2. The van der Waals surface area contributed by atoms with Crippen LogP contribution in [-0.2, 0) is 16.4 Å². The second-order valence-electron chi connectivity index (χ2n) is 7.05. The first-order valence-electron chi connectivity index (χ1n) is 9.17. The Hall–Kier alpha value is -2.51. The molecule has 0 unspecified atom stereocenters. The number of carbonyl (C=O) groups excluding carboxylic acids is 1. The predicted molar refractivity (Wildman–Crippen MR) is 115 cm³/mol. The van der Waals surface area contributed by atoms with E-state index < -0.39 is 15.9 Å². The summed E-state index contributed by atoms with van der Waals surface area (Å²) in [4.78, 5) is 15.5. The van der Waals surface area contributed by atoms with E-state index in [0.29, 0.717) is 19.4 Å². The Morgan fingerprint density at radius 1 is 1.17 bits per heavy atom. The van der Waals surface area contributed by atoms with Crippen LogP contribution < -0.4 is 9.46 Å². The number of benzene rings is 2. The van der Waals surface area contributed by atoms with E-state index in [4.69, 9.17) is 16.3 Å². The number of aromatic nitrogens is 1. The minimum absolute atomic E-state index is 0.259. The van der Waals surface area contributed by atoms with Gasteiger partial charge in [0, 0.05) is 15.9 Å². The lowest BCUT2D eigenvalue weighted by atomic mass is 10.1. The maximum Gasteiger partial charge on any atom is 0.281 e. The van der Waals surface area contributed by atoms with Crippen molar-refractivity contribution in [2.24, 2.45) is 0 Å². The van der Waals surface area contributed by atoms with Gasteiger partial charge >= 0.3 is 0 Å². The van der Waals surface area contributed by atoms with Crippen molar-refractivity contribution in [3.63, 3.8) is 0 Å². The molecule has 0 saturated heterocycles. The van der Waals surface area contributed by atoms with E-state index in [2.05, 4.69) is 4.98 Å². The summed E-state index contributed by atoms with van der Waals surface area (Å²) in [5.41, 5.74) is 3.73. The van der Waals surface area contributed by atoms with Gasteiger partial charge in [0.05, 0.1) is 12.9 Å². The number of carbonyl (C=O) groups is 1. The molecule has 1 aromatic heterocycles. The van der Waals surface area contributed by atoms with Gasteiger partial charge < -0.3 is 9.72 Å². The highest BCUT2D eigenvalue weighted by Crippen LogP contribution is 2.27. The summed E-state index contributed by atoms with van der Waals surface area (Å²) in [5.74, 6) is 0.0851. The van der Waals surface area contributed by atoms with Crippen LogP contribution in [0.15, 0.2) is 36.4 Å². The van der Waals surface area contributed by atoms with Crippen molar-refractivity contribution in [3.8, 4) is 5.75 Å². The molecule has 0 fully saturated rings. The van der Waals surface area contributed by atoms with Gasteiger partial charge in [-0.25, -0.2) is 13.1 Å². The molecule has 0 aliphatic heterocycles. The molecule has 0 aliphatic rings. The van der Waals surface area contributed by atoms with Crippen LogP contribution in [0, 0.1) is 13.8 Å². The van der Waals surface area contributed by atoms with Gasteiger partial charge in [-0.1, -0.05) is 29.8 Å². The summed E-state index contributed by atoms with van der Waals surface area (Å²) in [6.45, 7) is 4.31. The van der Waals surface area contributed by atoms with Crippen molar-refractivity contribution in [2.75, 3.05) is 12.9 Å². The molecule has 1 amide bonds. The molecule has 2 N–H and O–H groups in total. The molecule has 154 valence electrons. The Bertz CT molecular complexity index is 1150.